The first-order chi connectivity index (χ1) is 12.1. The Bertz CT molecular complexity index is 1190. The molecule has 0 bridgehead atoms. The van der Waals surface area contributed by atoms with Crippen molar-refractivity contribution in [2.24, 2.45) is 0 Å². The molecule has 0 radical (unpaired) electrons. The van der Waals surface area contributed by atoms with Gasteiger partial charge in [0.15, 0.2) is 0 Å². The molecule has 0 aliphatic rings. The van der Waals surface area contributed by atoms with Crippen molar-refractivity contribution in [2.75, 3.05) is 5.73 Å². The zero-order valence-electron chi connectivity index (χ0n) is 12.9. The van der Waals surface area contributed by atoms with Crippen molar-refractivity contribution >= 4 is 50.7 Å². The van der Waals surface area contributed by atoms with Gasteiger partial charge in [0.1, 0.15) is 17.5 Å². The van der Waals surface area contributed by atoms with Gasteiger partial charge in [-0.2, -0.15) is 5.26 Å². The smallest absolute Gasteiger partial charge is 0.142 e. The summed E-state index contributed by atoms with van der Waals surface area (Å²) in [5.74, 6) is 0.201. The average Bonchev–Trinajstić information content (AvgIpc) is 2.63. The molecule has 1 heterocycles. The van der Waals surface area contributed by atoms with Crippen molar-refractivity contribution in [1.82, 2.24) is 4.98 Å². The maximum atomic E-state index is 9.63. The van der Waals surface area contributed by atoms with Gasteiger partial charge in [0.25, 0.3) is 0 Å². The van der Waals surface area contributed by atoms with Crippen LogP contribution in [-0.2, 0) is 0 Å². The molecule has 0 aliphatic carbocycles. The number of nitriles is 1. The predicted octanol–water partition coefficient (Wildman–Crippen LogP) is 5.82. The van der Waals surface area contributed by atoms with Crippen LogP contribution in [0.15, 0.2) is 54.6 Å². The lowest BCUT2D eigenvalue weighted by molar-refractivity contribution is 1.38. The summed E-state index contributed by atoms with van der Waals surface area (Å²) in [5, 5.41) is 13.4. The van der Waals surface area contributed by atoms with Crippen molar-refractivity contribution in [1.29, 1.82) is 5.26 Å². The van der Waals surface area contributed by atoms with Crippen molar-refractivity contribution in [3.63, 3.8) is 0 Å². The molecule has 3 aromatic carbocycles. The van der Waals surface area contributed by atoms with Gasteiger partial charge in [-0.1, -0.05) is 65.7 Å². The van der Waals surface area contributed by atoms with E-state index in [0.29, 0.717) is 21.2 Å². The molecule has 2 N–H and O–H groups in total. The van der Waals surface area contributed by atoms with Gasteiger partial charge in [-0.25, -0.2) is 4.98 Å². The van der Waals surface area contributed by atoms with Crippen LogP contribution in [0.3, 0.4) is 0 Å². The topological polar surface area (TPSA) is 62.7 Å². The first kappa shape index (κ1) is 15.7. The third-order valence-corrected chi connectivity index (χ3v) is 4.97. The molecule has 0 fully saturated rings. The number of pyridine rings is 1. The number of hydrogen-bond acceptors (Lipinski definition) is 3. The van der Waals surface area contributed by atoms with Crippen LogP contribution in [0.2, 0.25) is 10.0 Å². The molecule has 3 nitrogen and oxygen atoms in total. The largest absolute Gasteiger partial charge is 0.383 e. The molecular weight excluding hydrogens is 353 g/mol. The number of nitrogen functional groups attached to an aromatic ring is 1. The normalized spacial score (nSPS) is 10.9. The molecule has 0 saturated carbocycles. The summed E-state index contributed by atoms with van der Waals surface area (Å²) in [5.41, 5.74) is 8.69. The second-order valence-electron chi connectivity index (χ2n) is 5.67. The fourth-order valence-electron chi connectivity index (χ4n) is 3.08. The summed E-state index contributed by atoms with van der Waals surface area (Å²) >= 11 is 12.2. The Morgan fingerprint density at radius 2 is 1.72 bits per heavy atom. The summed E-state index contributed by atoms with van der Waals surface area (Å²) in [6.45, 7) is 0. The Morgan fingerprint density at radius 1 is 0.920 bits per heavy atom. The number of rotatable bonds is 1. The Kier molecular flexibility index (Phi) is 3.73. The van der Waals surface area contributed by atoms with Gasteiger partial charge in [0.2, 0.25) is 0 Å². The molecule has 0 amide bonds. The molecule has 4 rings (SSSR count). The van der Waals surface area contributed by atoms with E-state index < -0.39 is 0 Å². The summed E-state index contributed by atoms with van der Waals surface area (Å²) in [7, 11) is 0. The van der Waals surface area contributed by atoms with Crippen LogP contribution >= 0.6 is 23.2 Å². The van der Waals surface area contributed by atoms with Crippen LogP contribution < -0.4 is 5.73 Å². The fourth-order valence-corrected chi connectivity index (χ4v) is 3.38. The fraction of sp³-hybridized carbons (Fsp3) is 0. The van der Waals surface area contributed by atoms with Gasteiger partial charge >= 0.3 is 0 Å². The average molecular weight is 364 g/mol. The molecule has 1 aromatic heterocycles. The van der Waals surface area contributed by atoms with Gasteiger partial charge < -0.3 is 5.73 Å². The first-order valence-corrected chi connectivity index (χ1v) is 8.32. The zero-order valence-corrected chi connectivity index (χ0v) is 14.4. The zero-order chi connectivity index (χ0) is 17.6. The molecule has 0 atom stereocenters. The summed E-state index contributed by atoms with van der Waals surface area (Å²) in [4.78, 5) is 4.50. The van der Waals surface area contributed by atoms with E-state index in [-0.39, 0.29) is 5.82 Å². The van der Waals surface area contributed by atoms with Gasteiger partial charge in [-0.05, 0) is 23.1 Å². The molecule has 25 heavy (non-hydrogen) atoms. The van der Waals surface area contributed by atoms with E-state index >= 15 is 0 Å². The summed E-state index contributed by atoms with van der Waals surface area (Å²) < 4.78 is 0. The molecule has 0 aliphatic heterocycles. The van der Waals surface area contributed by atoms with Gasteiger partial charge in [0, 0.05) is 16.3 Å². The SMILES string of the molecule is N#Cc1c(N)nc2c(ccc3ccccc32)c1-c1ccc(Cl)c(Cl)c1. The highest BCUT2D eigenvalue weighted by Crippen LogP contribution is 2.38. The van der Waals surface area contributed by atoms with Crippen LogP contribution in [0.1, 0.15) is 5.56 Å². The molecule has 4 aromatic rings. The van der Waals surface area contributed by atoms with Gasteiger partial charge in [0.05, 0.1) is 15.6 Å². The second-order valence-corrected chi connectivity index (χ2v) is 6.49. The number of aromatic nitrogens is 1. The number of halogens is 2. The van der Waals surface area contributed by atoms with Gasteiger partial charge in [-0.3, -0.25) is 0 Å². The number of hydrogen-bond donors (Lipinski definition) is 1. The Hall–Kier alpha value is -2.80. The molecule has 120 valence electrons. The van der Waals surface area contributed by atoms with E-state index in [9.17, 15) is 5.26 Å². The van der Waals surface area contributed by atoms with E-state index in [1.165, 1.54) is 0 Å². The monoisotopic (exact) mass is 363 g/mol. The highest BCUT2D eigenvalue weighted by atomic mass is 35.5. The van der Waals surface area contributed by atoms with Crippen molar-refractivity contribution in [3.8, 4) is 17.2 Å². The van der Waals surface area contributed by atoms with Crippen LogP contribution in [0, 0.1) is 11.3 Å². The number of fused-ring (bicyclic) bond motifs is 3. The third kappa shape index (κ3) is 2.47. The quantitative estimate of drug-likeness (QED) is 0.433. The van der Waals surface area contributed by atoms with E-state index in [0.717, 1.165) is 27.2 Å². The van der Waals surface area contributed by atoms with E-state index in [1.807, 2.05) is 42.5 Å². The number of nitrogens with zero attached hydrogens (tertiary/aromatic N) is 2. The molecular formula is C20H11Cl2N3. The maximum absolute atomic E-state index is 9.63. The van der Waals surface area contributed by atoms with Crippen molar-refractivity contribution in [3.05, 3.63) is 70.2 Å². The lowest BCUT2D eigenvalue weighted by atomic mass is 9.94. The predicted molar refractivity (Wildman–Crippen MR) is 104 cm³/mol. The van der Waals surface area contributed by atoms with Gasteiger partial charge in [-0.15, -0.1) is 0 Å². The molecule has 5 heteroatoms. The Labute approximate surface area is 154 Å². The van der Waals surface area contributed by atoms with Crippen LogP contribution in [0.4, 0.5) is 5.82 Å². The number of nitrogens with two attached hydrogens (primary N) is 1. The highest BCUT2D eigenvalue weighted by Gasteiger charge is 2.17. The standard InChI is InChI=1S/C20H11Cl2N3/c21-16-8-6-12(9-17(16)22)18-14-7-5-11-3-1-2-4-13(11)19(14)25-20(24)15(18)10-23/h1-9H,(H2,24,25). The molecule has 0 spiro atoms. The van der Waals surface area contributed by atoms with Crippen LogP contribution in [0.25, 0.3) is 32.8 Å². The van der Waals surface area contributed by atoms with E-state index in [2.05, 4.69) is 11.1 Å². The minimum atomic E-state index is 0.201. The second kappa shape index (κ2) is 5.93. The van der Waals surface area contributed by atoms with Crippen LogP contribution in [-0.4, -0.2) is 4.98 Å². The number of benzene rings is 3. The minimum Gasteiger partial charge on any atom is -0.383 e. The van der Waals surface area contributed by atoms with E-state index in [4.69, 9.17) is 28.9 Å². The maximum Gasteiger partial charge on any atom is 0.142 e. The molecule has 0 saturated heterocycles. The number of anilines is 1. The van der Waals surface area contributed by atoms with Crippen molar-refractivity contribution in [2.45, 2.75) is 0 Å². The highest BCUT2D eigenvalue weighted by molar-refractivity contribution is 6.42. The first-order valence-electron chi connectivity index (χ1n) is 7.56. The van der Waals surface area contributed by atoms with Crippen molar-refractivity contribution < 1.29 is 0 Å². The Morgan fingerprint density at radius 3 is 2.48 bits per heavy atom. The van der Waals surface area contributed by atoms with Crippen LogP contribution in [0.5, 0.6) is 0 Å². The minimum absolute atomic E-state index is 0.201. The van der Waals surface area contributed by atoms with E-state index in [1.54, 1.807) is 12.1 Å². The lowest BCUT2D eigenvalue weighted by Crippen LogP contribution is -1.99. The molecule has 0 unspecified atom stereocenters. The Balaban J connectivity index is 2.19. The third-order valence-electron chi connectivity index (χ3n) is 4.23. The lowest BCUT2D eigenvalue weighted by Gasteiger charge is -2.13. The summed E-state index contributed by atoms with van der Waals surface area (Å²) in [6.07, 6.45) is 0. The summed E-state index contributed by atoms with van der Waals surface area (Å²) in [6, 6.07) is 19.4.